The van der Waals surface area contributed by atoms with Crippen LogP contribution >= 0.6 is 34.5 Å². The van der Waals surface area contributed by atoms with E-state index in [1.54, 1.807) is 6.07 Å². The van der Waals surface area contributed by atoms with E-state index < -0.39 is 0 Å². The molecule has 172 valence electrons. The second kappa shape index (κ2) is 9.27. The first kappa shape index (κ1) is 22.7. The number of nitrogens with one attached hydrogen (secondary N) is 1. The van der Waals surface area contributed by atoms with Gasteiger partial charge in [-0.25, -0.2) is 9.97 Å². The number of hydrogen-bond donors (Lipinski definition) is 1. The Morgan fingerprint density at radius 2 is 1.91 bits per heavy atom. The molecule has 10 heteroatoms. The Balaban J connectivity index is 1.55. The molecule has 0 bridgehead atoms. The third-order valence-electron chi connectivity index (χ3n) is 6.25. The maximum atomic E-state index is 12.1. The number of carbonyl (C=O) groups is 2. The highest BCUT2D eigenvalue weighted by atomic mass is 35.5. The minimum absolute atomic E-state index is 0.127. The summed E-state index contributed by atoms with van der Waals surface area (Å²) in [5, 5.41) is 4.57. The van der Waals surface area contributed by atoms with Crippen LogP contribution < -0.4 is 5.32 Å². The SMILES string of the molecule is CC1CNCCN1Cc1c(Cl)cc(Cl)cc1-c1ncnc2cc(CN3C(=O)CCC3=O)sc12. The molecule has 4 heterocycles. The summed E-state index contributed by atoms with van der Waals surface area (Å²) >= 11 is 14.6. The Bertz CT molecular complexity index is 1230. The van der Waals surface area contributed by atoms with E-state index in [2.05, 4.69) is 27.1 Å². The van der Waals surface area contributed by atoms with Gasteiger partial charge < -0.3 is 5.32 Å². The Labute approximate surface area is 205 Å². The number of piperazine rings is 1. The fraction of sp³-hybridized carbons (Fsp3) is 0.391. The van der Waals surface area contributed by atoms with Crippen molar-refractivity contribution < 1.29 is 9.59 Å². The molecule has 2 aliphatic heterocycles. The standard InChI is InChI=1S/C23H23Cl2N5O2S/c1-13-9-26-4-5-29(13)11-17-16(6-14(24)7-18(17)25)22-23-19(27-12-28-22)8-15(33-23)10-30-20(31)2-3-21(30)32/h6-8,12-13,26H,2-5,9-11H2,1H3. The number of likely N-dealkylation sites (tertiary alicyclic amines) is 1. The molecule has 7 nitrogen and oxygen atoms in total. The van der Waals surface area contributed by atoms with E-state index in [4.69, 9.17) is 23.2 Å². The quantitative estimate of drug-likeness (QED) is 0.527. The summed E-state index contributed by atoms with van der Waals surface area (Å²) in [6, 6.07) is 5.99. The van der Waals surface area contributed by atoms with Gasteiger partial charge in [-0.05, 0) is 30.7 Å². The molecule has 2 aromatic heterocycles. The first-order valence-electron chi connectivity index (χ1n) is 10.9. The summed E-state index contributed by atoms with van der Waals surface area (Å²) in [7, 11) is 0. The van der Waals surface area contributed by atoms with Crippen molar-refractivity contribution in [1.82, 2.24) is 25.1 Å². The third-order valence-corrected chi connectivity index (χ3v) is 7.92. The number of rotatable bonds is 5. The lowest BCUT2D eigenvalue weighted by atomic mass is 10.0. The Kier molecular flexibility index (Phi) is 6.37. The number of carbonyl (C=O) groups excluding carboxylic acids is 2. The van der Waals surface area contributed by atoms with Gasteiger partial charge in [-0.3, -0.25) is 19.4 Å². The van der Waals surface area contributed by atoms with Crippen molar-refractivity contribution in [2.75, 3.05) is 19.6 Å². The molecule has 2 saturated heterocycles. The lowest BCUT2D eigenvalue weighted by molar-refractivity contribution is -0.138. The molecule has 33 heavy (non-hydrogen) atoms. The fourth-order valence-electron chi connectivity index (χ4n) is 4.43. The summed E-state index contributed by atoms with van der Waals surface area (Å²) < 4.78 is 0.888. The van der Waals surface area contributed by atoms with Gasteiger partial charge in [0.2, 0.25) is 11.8 Å². The minimum atomic E-state index is -0.127. The predicted molar refractivity (Wildman–Crippen MR) is 130 cm³/mol. The van der Waals surface area contributed by atoms with Gasteiger partial charge >= 0.3 is 0 Å². The molecule has 1 unspecified atom stereocenters. The van der Waals surface area contributed by atoms with Crippen molar-refractivity contribution in [3.05, 3.63) is 45.0 Å². The highest BCUT2D eigenvalue weighted by molar-refractivity contribution is 7.19. The van der Waals surface area contributed by atoms with Crippen LogP contribution in [0.1, 0.15) is 30.2 Å². The molecular formula is C23H23Cl2N5O2S. The molecule has 1 aromatic carbocycles. The van der Waals surface area contributed by atoms with Crippen LogP contribution in [0.15, 0.2) is 24.5 Å². The second-order valence-electron chi connectivity index (χ2n) is 8.46. The molecule has 0 saturated carbocycles. The average molecular weight is 504 g/mol. The lowest BCUT2D eigenvalue weighted by Gasteiger charge is -2.34. The van der Waals surface area contributed by atoms with Crippen molar-refractivity contribution in [2.45, 2.75) is 38.9 Å². The smallest absolute Gasteiger partial charge is 0.230 e. The van der Waals surface area contributed by atoms with Crippen LogP contribution in [0.25, 0.3) is 21.5 Å². The van der Waals surface area contributed by atoms with Gasteiger partial charge in [-0.2, -0.15) is 0 Å². The van der Waals surface area contributed by atoms with E-state index >= 15 is 0 Å². The summed E-state index contributed by atoms with van der Waals surface area (Å²) in [5.41, 5.74) is 3.40. The number of aromatic nitrogens is 2. The number of benzene rings is 1. The van der Waals surface area contributed by atoms with Gasteiger partial charge in [-0.1, -0.05) is 23.2 Å². The summed E-state index contributed by atoms with van der Waals surface area (Å²) in [6.45, 7) is 5.95. The highest BCUT2D eigenvalue weighted by Crippen LogP contribution is 2.39. The van der Waals surface area contributed by atoms with Crippen LogP contribution in [0, 0.1) is 0 Å². The Hall–Kier alpha value is -2.10. The molecule has 3 aromatic rings. The molecule has 0 spiro atoms. The summed E-state index contributed by atoms with van der Waals surface area (Å²) in [6.07, 6.45) is 2.10. The monoisotopic (exact) mass is 503 g/mol. The van der Waals surface area contributed by atoms with E-state index in [1.807, 2.05) is 12.1 Å². The molecule has 0 radical (unpaired) electrons. The van der Waals surface area contributed by atoms with Crippen LogP contribution in [0.2, 0.25) is 10.0 Å². The predicted octanol–water partition coefficient (Wildman–Crippen LogP) is 4.11. The van der Waals surface area contributed by atoms with Crippen molar-refractivity contribution >= 4 is 56.6 Å². The number of halogens is 2. The molecular weight excluding hydrogens is 481 g/mol. The largest absolute Gasteiger partial charge is 0.314 e. The van der Waals surface area contributed by atoms with Crippen LogP contribution in [0.5, 0.6) is 0 Å². The Morgan fingerprint density at radius 3 is 2.67 bits per heavy atom. The molecule has 0 aliphatic carbocycles. The van der Waals surface area contributed by atoms with Crippen molar-refractivity contribution in [2.24, 2.45) is 0 Å². The third kappa shape index (κ3) is 4.50. The van der Waals surface area contributed by atoms with Gasteiger partial charge in [0.05, 0.1) is 22.5 Å². The number of thiophene rings is 1. The first-order chi connectivity index (χ1) is 15.9. The van der Waals surface area contributed by atoms with E-state index in [0.717, 1.165) is 51.5 Å². The normalized spacial score (nSPS) is 19.7. The van der Waals surface area contributed by atoms with Gasteiger partial charge in [0, 0.05) is 65.5 Å². The first-order valence-corrected chi connectivity index (χ1v) is 12.5. The van der Waals surface area contributed by atoms with Gasteiger partial charge in [0.15, 0.2) is 0 Å². The van der Waals surface area contributed by atoms with E-state index in [0.29, 0.717) is 22.6 Å². The Morgan fingerprint density at radius 1 is 1.12 bits per heavy atom. The number of hydrogen-bond acceptors (Lipinski definition) is 7. The number of fused-ring (bicyclic) bond motifs is 1. The minimum Gasteiger partial charge on any atom is -0.314 e. The number of nitrogens with zero attached hydrogens (tertiary/aromatic N) is 4. The van der Waals surface area contributed by atoms with E-state index in [-0.39, 0.29) is 31.2 Å². The summed E-state index contributed by atoms with van der Waals surface area (Å²) in [5.74, 6) is -0.254. The molecule has 5 rings (SSSR count). The van der Waals surface area contributed by atoms with E-state index in [1.165, 1.54) is 22.6 Å². The average Bonchev–Trinajstić information content (AvgIpc) is 3.34. The van der Waals surface area contributed by atoms with Crippen molar-refractivity contribution in [3.63, 3.8) is 0 Å². The van der Waals surface area contributed by atoms with Gasteiger partial charge in [0.1, 0.15) is 6.33 Å². The molecule has 2 amide bonds. The van der Waals surface area contributed by atoms with Crippen LogP contribution in [0.3, 0.4) is 0 Å². The van der Waals surface area contributed by atoms with Crippen molar-refractivity contribution in [1.29, 1.82) is 0 Å². The van der Waals surface area contributed by atoms with Crippen molar-refractivity contribution in [3.8, 4) is 11.3 Å². The topological polar surface area (TPSA) is 78.4 Å². The zero-order chi connectivity index (χ0) is 23.1. The van der Waals surface area contributed by atoms with Gasteiger partial charge in [0.25, 0.3) is 0 Å². The van der Waals surface area contributed by atoms with Crippen LogP contribution in [0.4, 0.5) is 0 Å². The maximum absolute atomic E-state index is 12.1. The molecule has 2 fully saturated rings. The number of imide groups is 1. The van der Waals surface area contributed by atoms with Crippen LogP contribution in [-0.4, -0.2) is 57.3 Å². The molecule has 1 atom stereocenters. The molecule has 1 N–H and O–H groups in total. The fourth-order valence-corrected chi connectivity index (χ4v) is 6.08. The zero-order valence-electron chi connectivity index (χ0n) is 18.1. The highest BCUT2D eigenvalue weighted by Gasteiger charge is 2.29. The number of amides is 2. The van der Waals surface area contributed by atoms with E-state index in [9.17, 15) is 9.59 Å². The van der Waals surface area contributed by atoms with Gasteiger partial charge in [-0.15, -0.1) is 11.3 Å². The lowest BCUT2D eigenvalue weighted by Crippen LogP contribution is -2.49. The summed E-state index contributed by atoms with van der Waals surface area (Å²) in [4.78, 5) is 37.8. The molecule has 2 aliphatic rings. The second-order valence-corrected chi connectivity index (χ2v) is 10.4. The van der Waals surface area contributed by atoms with Crippen LogP contribution in [-0.2, 0) is 22.7 Å². The maximum Gasteiger partial charge on any atom is 0.230 e. The zero-order valence-corrected chi connectivity index (χ0v) is 20.4.